The second-order valence-corrected chi connectivity index (χ2v) is 6.60. The number of rotatable bonds is 8. The van der Waals surface area contributed by atoms with Crippen LogP contribution in [0, 0.1) is 0 Å². The number of benzene rings is 2. The predicted octanol–water partition coefficient (Wildman–Crippen LogP) is 3.17. The number of ether oxygens (including phenoxy) is 3. The molecule has 0 radical (unpaired) electrons. The van der Waals surface area contributed by atoms with E-state index in [1.165, 1.54) is 6.42 Å². The molecule has 0 bridgehead atoms. The molecule has 1 aliphatic rings. The first-order valence-corrected chi connectivity index (χ1v) is 9.11. The Morgan fingerprint density at radius 3 is 2.76 bits per heavy atom. The van der Waals surface area contributed by atoms with E-state index in [0.29, 0.717) is 17.7 Å². The second-order valence-electron chi connectivity index (χ2n) is 6.19. The number of halogens is 1. The van der Waals surface area contributed by atoms with Gasteiger partial charge in [0, 0.05) is 17.2 Å². The van der Waals surface area contributed by atoms with Gasteiger partial charge in [-0.15, -0.1) is 0 Å². The van der Waals surface area contributed by atoms with Crippen LogP contribution in [0.25, 0.3) is 0 Å². The molecule has 4 nitrogen and oxygen atoms in total. The number of para-hydroxylation sites is 1. The van der Waals surface area contributed by atoms with Crippen molar-refractivity contribution in [1.29, 1.82) is 0 Å². The summed E-state index contributed by atoms with van der Waals surface area (Å²) in [7, 11) is 1.66. The highest BCUT2D eigenvalue weighted by molar-refractivity contribution is 6.31. The third-order valence-electron chi connectivity index (χ3n) is 4.43. The van der Waals surface area contributed by atoms with Crippen molar-refractivity contribution in [2.75, 3.05) is 20.3 Å². The molecule has 5 heteroatoms. The lowest BCUT2D eigenvalue weighted by Crippen LogP contribution is -2.84. The van der Waals surface area contributed by atoms with Crippen LogP contribution in [-0.4, -0.2) is 26.4 Å². The lowest BCUT2D eigenvalue weighted by molar-refractivity contribution is -0.676. The molecule has 2 aromatic rings. The van der Waals surface area contributed by atoms with Crippen molar-refractivity contribution < 1.29 is 19.5 Å². The van der Waals surface area contributed by atoms with E-state index >= 15 is 0 Å². The van der Waals surface area contributed by atoms with Crippen LogP contribution in [0.3, 0.4) is 0 Å². The molecule has 0 amide bonds. The monoisotopic (exact) mass is 362 g/mol. The van der Waals surface area contributed by atoms with E-state index in [4.69, 9.17) is 25.8 Å². The molecular weight excluding hydrogens is 338 g/mol. The predicted molar refractivity (Wildman–Crippen MR) is 98.2 cm³/mol. The Kier molecular flexibility index (Phi) is 6.56. The Morgan fingerprint density at radius 2 is 2.00 bits per heavy atom. The maximum Gasteiger partial charge on any atom is 0.170 e. The topological polar surface area (TPSA) is 44.3 Å². The van der Waals surface area contributed by atoms with Crippen LogP contribution in [0.15, 0.2) is 42.5 Å². The molecule has 1 aliphatic heterocycles. The number of hydrogen-bond donors (Lipinski definition) is 1. The van der Waals surface area contributed by atoms with Crippen molar-refractivity contribution in [3.63, 3.8) is 0 Å². The van der Waals surface area contributed by atoms with E-state index in [0.717, 1.165) is 48.7 Å². The van der Waals surface area contributed by atoms with Gasteiger partial charge in [0.05, 0.1) is 12.7 Å². The van der Waals surface area contributed by atoms with Crippen LogP contribution < -0.4 is 14.8 Å². The maximum atomic E-state index is 6.23. The van der Waals surface area contributed by atoms with Gasteiger partial charge in [0.25, 0.3) is 0 Å². The average molecular weight is 363 g/mol. The maximum absolute atomic E-state index is 6.23. The van der Waals surface area contributed by atoms with Gasteiger partial charge in [-0.1, -0.05) is 35.9 Å². The smallest absolute Gasteiger partial charge is 0.170 e. The van der Waals surface area contributed by atoms with Crippen molar-refractivity contribution >= 4 is 11.6 Å². The average Bonchev–Trinajstić information content (AvgIpc) is 3.15. The van der Waals surface area contributed by atoms with E-state index in [-0.39, 0.29) is 0 Å². The standard InChI is InChI=1S/C20H24ClNO3/c1-23-19-10-4-7-15(12-22-13-17-8-5-11-24-17)20(19)25-14-16-6-2-3-9-18(16)21/h2-4,6-7,9-10,17,22H,5,8,11-14H2,1H3/p+1/t17-/m1/s1. The molecule has 1 heterocycles. The molecule has 0 spiro atoms. The Balaban J connectivity index is 1.66. The first-order chi connectivity index (χ1) is 12.3. The van der Waals surface area contributed by atoms with Gasteiger partial charge in [0.15, 0.2) is 11.5 Å². The summed E-state index contributed by atoms with van der Waals surface area (Å²) in [5.41, 5.74) is 2.08. The fourth-order valence-electron chi connectivity index (χ4n) is 3.07. The van der Waals surface area contributed by atoms with Gasteiger partial charge in [0.1, 0.15) is 25.8 Å². The molecule has 0 aromatic heterocycles. The van der Waals surface area contributed by atoms with Gasteiger partial charge in [-0.05, 0) is 31.0 Å². The lowest BCUT2D eigenvalue weighted by Gasteiger charge is -2.15. The largest absolute Gasteiger partial charge is 0.493 e. The highest BCUT2D eigenvalue weighted by atomic mass is 35.5. The number of quaternary nitrogens is 1. The minimum absolute atomic E-state index is 0.373. The van der Waals surface area contributed by atoms with E-state index < -0.39 is 0 Å². The summed E-state index contributed by atoms with van der Waals surface area (Å²) in [5.74, 6) is 1.53. The van der Waals surface area contributed by atoms with Crippen LogP contribution in [0.2, 0.25) is 5.02 Å². The Morgan fingerprint density at radius 1 is 1.16 bits per heavy atom. The molecule has 2 aromatic carbocycles. The van der Waals surface area contributed by atoms with Crippen LogP contribution in [0.4, 0.5) is 0 Å². The number of methoxy groups -OCH3 is 1. The van der Waals surface area contributed by atoms with Crippen molar-refractivity contribution in [2.45, 2.75) is 32.1 Å². The SMILES string of the molecule is COc1cccc(C[NH2+]C[C@H]2CCCO2)c1OCc1ccccc1Cl. The van der Waals surface area contributed by atoms with Gasteiger partial charge in [-0.25, -0.2) is 0 Å². The van der Waals surface area contributed by atoms with E-state index in [9.17, 15) is 0 Å². The van der Waals surface area contributed by atoms with Gasteiger partial charge in [0.2, 0.25) is 0 Å². The van der Waals surface area contributed by atoms with Crippen molar-refractivity contribution in [2.24, 2.45) is 0 Å². The second kappa shape index (κ2) is 9.09. The van der Waals surface area contributed by atoms with Crippen LogP contribution in [-0.2, 0) is 17.9 Å². The van der Waals surface area contributed by atoms with Gasteiger partial charge in [-0.3, -0.25) is 0 Å². The molecular formula is C20H25ClNO3+. The Labute approximate surface area is 154 Å². The van der Waals surface area contributed by atoms with Crippen molar-refractivity contribution in [3.05, 3.63) is 58.6 Å². The zero-order valence-electron chi connectivity index (χ0n) is 14.5. The molecule has 25 heavy (non-hydrogen) atoms. The van der Waals surface area contributed by atoms with Crippen molar-refractivity contribution in [1.82, 2.24) is 0 Å². The summed E-state index contributed by atoms with van der Waals surface area (Å²) < 4.78 is 17.3. The molecule has 1 fully saturated rings. The summed E-state index contributed by atoms with van der Waals surface area (Å²) in [6.45, 7) is 3.11. The zero-order chi connectivity index (χ0) is 17.5. The highest BCUT2D eigenvalue weighted by Gasteiger charge is 2.18. The first-order valence-electron chi connectivity index (χ1n) is 8.73. The minimum atomic E-state index is 0.373. The summed E-state index contributed by atoms with van der Waals surface area (Å²) >= 11 is 6.23. The summed E-state index contributed by atoms with van der Waals surface area (Å²) in [6, 6.07) is 13.7. The molecule has 3 rings (SSSR count). The van der Waals surface area contributed by atoms with E-state index in [2.05, 4.69) is 11.4 Å². The molecule has 134 valence electrons. The van der Waals surface area contributed by atoms with Crippen LogP contribution in [0.5, 0.6) is 11.5 Å². The lowest BCUT2D eigenvalue weighted by atomic mass is 10.1. The zero-order valence-corrected chi connectivity index (χ0v) is 15.3. The summed E-state index contributed by atoms with van der Waals surface area (Å²) in [5, 5.41) is 2.98. The van der Waals surface area contributed by atoms with E-state index in [1.807, 2.05) is 36.4 Å². The molecule has 2 N–H and O–H groups in total. The van der Waals surface area contributed by atoms with E-state index in [1.54, 1.807) is 7.11 Å². The fraction of sp³-hybridized carbons (Fsp3) is 0.400. The molecule has 0 aliphatic carbocycles. The Hall–Kier alpha value is -1.75. The summed E-state index contributed by atoms with van der Waals surface area (Å²) in [6.07, 6.45) is 2.70. The highest BCUT2D eigenvalue weighted by Crippen LogP contribution is 2.32. The first kappa shape index (κ1) is 18.1. The van der Waals surface area contributed by atoms with Gasteiger partial charge < -0.3 is 19.5 Å². The molecule has 1 atom stereocenters. The number of nitrogens with two attached hydrogens (primary N) is 1. The third kappa shape index (κ3) is 4.88. The van der Waals surface area contributed by atoms with Crippen LogP contribution >= 0.6 is 11.6 Å². The fourth-order valence-corrected chi connectivity index (χ4v) is 3.26. The normalized spacial score (nSPS) is 16.8. The molecule has 0 unspecified atom stereocenters. The Bertz CT molecular complexity index is 686. The van der Waals surface area contributed by atoms with Gasteiger partial charge >= 0.3 is 0 Å². The number of hydrogen-bond acceptors (Lipinski definition) is 3. The van der Waals surface area contributed by atoms with Crippen LogP contribution in [0.1, 0.15) is 24.0 Å². The third-order valence-corrected chi connectivity index (χ3v) is 4.80. The van der Waals surface area contributed by atoms with Crippen molar-refractivity contribution in [3.8, 4) is 11.5 Å². The minimum Gasteiger partial charge on any atom is -0.493 e. The quantitative estimate of drug-likeness (QED) is 0.784. The summed E-state index contributed by atoms with van der Waals surface area (Å²) in [4.78, 5) is 0. The molecule has 1 saturated heterocycles. The van der Waals surface area contributed by atoms with Gasteiger partial charge in [-0.2, -0.15) is 0 Å². The molecule has 0 saturated carbocycles.